The van der Waals surface area contributed by atoms with Crippen molar-refractivity contribution < 1.29 is 9.84 Å². The van der Waals surface area contributed by atoms with E-state index in [2.05, 4.69) is 18.7 Å². The van der Waals surface area contributed by atoms with Crippen molar-refractivity contribution in [2.24, 2.45) is 5.73 Å². The molecule has 3 atom stereocenters. The van der Waals surface area contributed by atoms with Crippen molar-refractivity contribution in [2.75, 3.05) is 26.3 Å². The molecule has 3 unspecified atom stereocenters. The van der Waals surface area contributed by atoms with Gasteiger partial charge in [-0.25, -0.2) is 0 Å². The standard InChI is InChI=1S/C11H24N2O2/c1-3-11-8-15-9(2)6-13(11)7-10(12)4-5-14/h9-11,14H,3-8,12H2,1-2H3. The van der Waals surface area contributed by atoms with E-state index in [0.717, 1.165) is 26.1 Å². The SMILES string of the molecule is CCC1COC(C)CN1CC(N)CCO. The van der Waals surface area contributed by atoms with E-state index in [9.17, 15) is 0 Å². The molecule has 0 aromatic heterocycles. The maximum atomic E-state index is 8.82. The molecule has 0 saturated carbocycles. The summed E-state index contributed by atoms with van der Waals surface area (Å²) in [4.78, 5) is 2.40. The Morgan fingerprint density at radius 3 is 2.93 bits per heavy atom. The van der Waals surface area contributed by atoms with Crippen LogP contribution in [-0.2, 0) is 4.74 Å². The normalized spacial score (nSPS) is 30.4. The fourth-order valence-electron chi connectivity index (χ4n) is 2.07. The van der Waals surface area contributed by atoms with Crippen LogP contribution in [0.15, 0.2) is 0 Å². The van der Waals surface area contributed by atoms with Gasteiger partial charge in [0.1, 0.15) is 0 Å². The molecule has 1 aliphatic rings. The van der Waals surface area contributed by atoms with E-state index in [1.807, 2.05) is 0 Å². The highest BCUT2D eigenvalue weighted by Gasteiger charge is 2.26. The summed E-state index contributed by atoms with van der Waals surface area (Å²) >= 11 is 0. The van der Waals surface area contributed by atoms with Crippen molar-refractivity contribution in [1.82, 2.24) is 4.90 Å². The molecule has 1 aliphatic heterocycles. The van der Waals surface area contributed by atoms with Gasteiger partial charge in [-0.2, -0.15) is 0 Å². The van der Waals surface area contributed by atoms with Gasteiger partial charge in [0.25, 0.3) is 0 Å². The van der Waals surface area contributed by atoms with E-state index in [-0.39, 0.29) is 12.6 Å². The Bertz CT molecular complexity index is 178. The van der Waals surface area contributed by atoms with Crippen LogP contribution in [0.5, 0.6) is 0 Å². The summed E-state index contributed by atoms with van der Waals surface area (Å²) in [5.41, 5.74) is 5.93. The first-order valence-corrected chi connectivity index (χ1v) is 5.89. The Morgan fingerprint density at radius 1 is 1.60 bits per heavy atom. The number of aliphatic hydroxyl groups excluding tert-OH is 1. The maximum Gasteiger partial charge on any atom is 0.0674 e. The number of nitrogens with zero attached hydrogens (tertiary/aromatic N) is 1. The van der Waals surface area contributed by atoms with E-state index in [1.54, 1.807) is 0 Å². The van der Waals surface area contributed by atoms with Crippen LogP contribution >= 0.6 is 0 Å². The van der Waals surface area contributed by atoms with Gasteiger partial charge in [-0.05, 0) is 19.8 Å². The third kappa shape index (κ3) is 4.07. The van der Waals surface area contributed by atoms with Gasteiger partial charge in [0.05, 0.1) is 12.7 Å². The van der Waals surface area contributed by atoms with Crippen molar-refractivity contribution in [1.29, 1.82) is 0 Å². The minimum atomic E-state index is 0.0781. The van der Waals surface area contributed by atoms with Crippen molar-refractivity contribution in [2.45, 2.75) is 44.9 Å². The summed E-state index contributed by atoms with van der Waals surface area (Å²) in [5.74, 6) is 0. The molecule has 0 radical (unpaired) electrons. The first-order valence-electron chi connectivity index (χ1n) is 5.89. The predicted molar refractivity (Wildman–Crippen MR) is 60.7 cm³/mol. The van der Waals surface area contributed by atoms with E-state index < -0.39 is 0 Å². The summed E-state index contributed by atoms with van der Waals surface area (Å²) in [6, 6.07) is 0.570. The van der Waals surface area contributed by atoms with Gasteiger partial charge < -0.3 is 15.6 Å². The van der Waals surface area contributed by atoms with Crippen LogP contribution in [0.3, 0.4) is 0 Å². The number of hydrogen-bond donors (Lipinski definition) is 2. The number of hydrogen-bond acceptors (Lipinski definition) is 4. The highest BCUT2D eigenvalue weighted by molar-refractivity contribution is 4.80. The molecule has 0 spiro atoms. The minimum absolute atomic E-state index is 0.0781. The molecule has 4 nitrogen and oxygen atoms in total. The zero-order chi connectivity index (χ0) is 11.3. The topological polar surface area (TPSA) is 58.7 Å². The second kappa shape index (κ2) is 6.43. The van der Waals surface area contributed by atoms with Crippen LogP contribution in [0, 0.1) is 0 Å². The van der Waals surface area contributed by atoms with Crippen LogP contribution in [0.1, 0.15) is 26.7 Å². The van der Waals surface area contributed by atoms with Crippen molar-refractivity contribution in [3.63, 3.8) is 0 Å². The molecular weight excluding hydrogens is 192 g/mol. The van der Waals surface area contributed by atoms with Gasteiger partial charge in [-0.1, -0.05) is 6.92 Å². The largest absolute Gasteiger partial charge is 0.396 e. The molecular formula is C11H24N2O2. The Labute approximate surface area is 92.4 Å². The second-order valence-electron chi connectivity index (χ2n) is 4.43. The Kier molecular flexibility index (Phi) is 5.53. The van der Waals surface area contributed by atoms with Crippen LogP contribution in [0.4, 0.5) is 0 Å². The highest BCUT2D eigenvalue weighted by atomic mass is 16.5. The highest BCUT2D eigenvalue weighted by Crippen LogP contribution is 2.14. The molecule has 0 aliphatic carbocycles. The van der Waals surface area contributed by atoms with Crippen LogP contribution in [-0.4, -0.2) is 54.5 Å². The molecule has 1 rings (SSSR count). The van der Waals surface area contributed by atoms with E-state index in [0.29, 0.717) is 18.6 Å². The van der Waals surface area contributed by atoms with E-state index >= 15 is 0 Å². The number of morpholine rings is 1. The zero-order valence-electron chi connectivity index (χ0n) is 9.85. The quantitative estimate of drug-likeness (QED) is 0.689. The second-order valence-corrected chi connectivity index (χ2v) is 4.43. The number of nitrogens with two attached hydrogens (primary N) is 1. The lowest BCUT2D eigenvalue weighted by Gasteiger charge is -2.39. The number of ether oxygens (including phenoxy) is 1. The molecule has 4 heteroatoms. The molecule has 90 valence electrons. The van der Waals surface area contributed by atoms with Gasteiger partial charge in [0.15, 0.2) is 0 Å². The number of aliphatic hydroxyl groups is 1. The predicted octanol–water partition coefficient (Wildman–Crippen LogP) is 0.195. The van der Waals surface area contributed by atoms with Gasteiger partial charge in [-0.15, -0.1) is 0 Å². The average molecular weight is 216 g/mol. The monoisotopic (exact) mass is 216 g/mol. The lowest BCUT2D eigenvalue weighted by molar-refractivity contribution is -0.0578. The molecule has 0 aromatic rings. The molecule has 1 heterocycles. The fraction of sp³-hybridized carbons (Fsp3) is 1.00. The van der Waals surface area contributed by atoms with Crippen molar-refractivity contribution in [3.05, 3.63) is 0 Å². The molecule has 1 fully saturated rings. The fourth-order valence-corrected chi connectivity index (χ4v) is 2.07. The maximum absolute atomic E-state index is 8.82. The zero-order valence-corrected chi connectivity index (χ0v) is 9.85. The first kappa shape index (κ1) is 12.9. The van der Waals surface area contributed by atoms with Crippen LogP contribution < -0.4 is 5.73 Å². The molecule has 3 N–H and O–H groups in total. The number of rotatable bonds is 5. The Hall–Kier alpha value is -0.160. The third-order valence-electron chi connectivity index (χ3n) is 3.02. The first-order chi connectivity index (χ1) is 7.17. The Morgan fingerprint density at radius 2 is 2.33 bits per heavy atom. The smallest absolute Gasteiger partial charge is 0.0674 e. The Balaban J connectivity index is 2.40. The van der Waals surface area contributed by atoms with Crippen molar-refractivity contribution in [3.8, 4) is 0 Å². The lowest BCUT2D eigenvalue weighted by atomic mass is 10.1. The van der Waals surface area contributed by atoms with Crippen LogP contribution in [0.2, 0.25) is 0 Å². The van der Waals surface area contributed by atoms with Gasteiger partial charge >= 0.3 is 0 Å². The van der Waals surface area contributed by atoms with Crippen molar-refractivity contribution >= 4 is 0 Å². The molecule has 0 amide bonds. The summed E-state index contributed by atoms with van der Waals surface area (Å²) in [5, 5.41) is 8.82. The van der Waals surface area contributed by atoms with Gasteiger partial charge in [-0.3, -0.25) is 4.90 Å². The van der Waals surface area contributed by atoms with Crippen LogP contribution in [0.25, 0.3) is 0 Å². The molecule has 15 heavy (non-hydrogen) atoms. The summed E-state index contributed by atoms with van der Waals surface area (Å²) in [7, 11) is 0. The third-order valence-corrected chi connectivity index (χ3v) is 3.02. The van der Waals surface area contributed by atoms with E-state index in [1.165, 1.54) is 0 Å². The van der Waals surface area contributed by atoms with E-state index in [4.69, 9.17) is 15.6 Å². The molecule has 0 aromatic carbocycles. The summed E-state index contributed by atoms with van der Waals surface area (Å²) < 4.78 is 5.62. The summed E-state index contributed by atoms with van der Waals surface area (Å²) in [6.07, 6.45) is 2.08. The minimum Gasteiger partial charge on any atom is -0.396 e. The van der Waals surface area contributed by atoms with Gasteiger partial charge in [0.2, 0.25) is 0 Å². The summed E-state index contributed by atoms with van der Waals surface area (Å²) in [6.45, 7) is 7.08. The lowest BCUT2D eigenvalue weighted by Crippen LogP contribution is -2.52. The van der Waals surface area contributed by atoms with Gasteiger partial charge in [0, 0.05) is 31.8 Å². The molecule has 0 bridgehead atoms. The average Bonchev–Trinajstić information content (AvgIpc) is 2.18. The molecule has 1 saturated heterocycles.